The molecule has 0 fully saturated rings. The number of halogens is 2. The van der Waals surface area contributed by atoms with E-state index >= 15 is 0 Å². The number of anilines is 1. The van der Waals surface area contributed by atoms with Gasteiger partial charge in [-0.2, -0.15) is 4.52 Å². The Morgan fingerprint density at radius 1 is 1.03 bits per heavy atom. The van der Waals surface area contributed by atoms with E-state index in [2.05, 4.69) is 25.7 Å². The molecule has 0 bridgehead atoms. The number of nitrogens with zero attached hydrogens (tertiary/aromatic N) is 4. The molecule has 0 atom stereocenters. The zero-order chi connectivity index (χ0) is 23.4. The third kappa shape index (κ3) is 4.80. The van der Waals surface area contributed by atoms with Gasteiger partial charge >= 0.3 is 0 Å². The van der Waals surface area contributed by atoms with E-state index in [9.17, 15) is 8.78 Å². The number of methoxy groups -OCH3 is 2. The number of benzene rings is 2. The minimum atomic E-state index is -0.754. The van der Waals surface area contributed by atoms with E-state index in [4.69, 9.17) is 9.47 Å². The first-order valence-electron chi connectivity index (χ1n) is 10.7. The van der Waals surface area contributed by atoms with Crippen LogP contribution in [0.25, 0.3) is 16.6 Å². The quantitative estimate of drug-likeness (QED) is 0.352. The maximum absolute atomic E-state index is 14.6. The van der Waals surface area contributed by atoms with Crippen molar-refractivity contribution < 1.29 is 18.3 Å². The highest BCUT2D eigenvalue weighted by Crippen LogP contribution is 2.27. The largest absolute Gasteiger partial charge is 0.497 e. The number of fused-ring (bicyclic) bond motifs is 3. The maximum atomic E-state index is 14.6. The highest BCUT2D eigenvalue weighted by molar-refractivity contribution is 5.92. The van der Waals surface area contributed by atoms with Crippen LogP contribution in [-0.2, 0) is 13.0 Å². The van der Waals surface area contributed by atoms with Crippen LogP contribution in [0.2, 0.25) is 0 Å². The van der Waals surface area contributed by atoms with Gasteiger partial charge in [0.1, 0.15) is 22.8 Å². The van der Waals surface area contributed by atoms with Crippen LogP contribution in [0.3, 0.4) is 0 Å². The normalized spacial score (nSPS) is 11.3. The van der Waals surface area contributed by atoms with Crippen molar-refractivity contribution in [3.63, 3.8) is 0 Å². The molecule has 0 amide bonds. The molecule has 10 heteroatoms. The zero-order valence-electron chi connectivity index (χ0n) is 18.8. The lowest BCUT2D eigenvalue weighted by Gasteiger charge is -2.13. The fourth-order valence-electron chi connectivity index (χ4n) is 3.66. The van der Waals surface area contributed by atoms with Crippen molar-refractivity contribution in [3.8, 4) is 11.5 Å². The molecule has 0 saturated heterocycles. The second-order valence-corrected chi connectivity index (χ2v) is 7.57. The number of aromatic nitrogens is 4. The van der Waals surface area contributed by atoms with Crippen molar-refractivity contribution in [1.82, 2.24) is 24.9 Å². The number of unbranched alkanes of at least 4 members (excludes halogenated alkanes) is 1. The van der Waals surface area contributed by atoms with Crippen LogP contribution < -0.4 is 20.1 Å². The fraction of sp³-hybridized carbons (Fsp3) is 0.348. The fourth-order valence-corrected chi connectivity index (χ4v) is 3.66. The van der Waals surface area contributed by atoms with Crippen molar-refractivity contribution >= 4 is 22.5 Å². The highest BCUT2D eigenvalue weighted by Gasteiger charge is 2.17. The van der Waals surface area contributed by atoms with Gasteiger partial charge in [0, 0.05) is 30.7 Å². The van der Waals surface area contributed by atoms with Gasteiger partial charge in [0.05, 0.1) is 19.6 Å². The number of hydrogen-bond donors (Lipinski definition) is 2. The molecule has 2 heterocycles. The van der Waals surface area contributed by atoms with Crippen molar-refractivity contribution in [3.05, 3.63) is 53.4 Å². The number of ether oxygens (including phenoxy) is 2. The predicted molar refractivity (Wildman–Crippen MR) is 122 cm³/mol. The molecule has 33 heavy (non-hydrogen) atoms. The topological polar surface area (TPSA) is 85.6 Å². The summed E-state index contributed by atoms with van der Waals surface area (Å²) in [5.74, 6) is 0.758. The molecular weight excluding hydrogens is 430 g/mol. The third-order valence-corrected chi connectivity index (χ3v) is 5.35. The van der Waals surface area contributed by atoms with Gasteiger partial charge in [-0.25, -0.2) is 18.7 Å². The average molecular weight is 456 g/mol. The second kappa shape index (κ2) is 9.95. The summed E-state index contributed by atoms with van der Waals surface area (Å²) in [5.41, 5.74) is 1.23. The molecular formula is C23H26F2N6O2. The molecule has 0 unspecified atom stereocenters. The molecule has 2 N–H and O–H groups in total. The van der Waals surface area contributed by atoms with E-state index in [1.807, 2.05) is 19.2 Å². The van der Waals surface area contributed by atoms with Crippen LogP contribution in [0.5, 0.6) is 11.5 Å². The zero-order valence-corrected chi connectivity index (χ0v) is 18.8. The predicted octanol–water partition coefficient (Wildman–Crippen LogP) is 3.73. The Balaban J connectivity index is 1.72. The van der Waals surface area contributed by atoms with Gasteiger partial charge in [0.2, 0.25) is 5.95 Å². The first-order valence-corrected chi connectivity index (χ1v) is 10.7. The summed E-state index contributed by atoms with van der Waals surface area (Å²) in [6.45, 7) is 1.23. The molecule has 0 aliphatic heterocycles. The SMILES string of the molecule is CNCCCCc1nc2c3cc(F)cc(F)c3nc(NCc3ccc(OC)cc3OC)n2n1. The van der Waals surface area contributed by atoms with Crippen LogP contribution in [0, 0.1) is 11.6 Å². The lowest BCUT2D eigenvalue weighted by atomic mass is 10.2. The van der Waals surface area contributed by atoms with Crippen molar-refractivity contribution in [2.75, 3.05) is 33.1 Å². The molecule has 2 aromatic carbocycles. The van der Waals surface area contributed by atoms with Crippen LogP contribution in [0.15, 0.2) is 30.3 Å². The van der Waals surface area contributed by atoms with Crippen molar-refractivity contribution in [2.45, 2.75) is 25.8 Å². The highest BCUT2D eigenvalue weighted by atomic mass is 19.1. The Bertz CT molecular complexity index is 1280. The Hall–Kier alpha value is -3.53. The van der Waals surface area contributed by atoms with Gasteiger partial charge in [-0.05, 0) is 44.6 Å². The molecule has 0 saturated carbocycles. The Morgan fingerprint density at radius 2 is 1.88 bits per heavy atom. The number of aryl methyl sites for hydroxylation is 1. The van der Waals surface area contributed by atoms with Crippen molar-refractivity contribution in [1.29, 1.82) is 0 Å². The van der Waals surface area contributed by atoms with E-state index in [-0.39, 0.29) is 10.9 Å². The maximum Gasteiger partial charge on any atom is 0.226 e. The Morgan fingerprint density at radius 3 is 2.64 bits per heavy atom. The summed E-state index contributed by atoms with van der Waals surface area (Å²) in [6.07, 6.45) is 2.50. The van der Waals surface area contributed by atoms with E-state index < -0.39 is 11.6 Å². The molecule has 0 spiro atoms. The lowest BCUT2D eigenvalue weighted by Crippen LogP contribution is -2.10. The summed E-state index contributed by atoms with van der Waals surface area (Å²) in [7, 11) is 5.06. The molecule has 8 nitrogen and oxygen atoms in total. The molecule has 0 radical (unpaired) electrons. The summed E-state index contributed by atoms with van der Waals surface area (Å²) < 4.78 is 40.7. The van der Waals surface area contributed by atoms with E-state index in [1.165, 1.54) is 10.6 Å². The summed E-state index contributed by atoms with van der Waals surface area (Å²) in [4.78, 5) is 8.97. The van der Waals surface area contributed by atoms with Gasteiger partial charge in [0.15, 0.2) is 17.3 Å². The van der Waals surface area contributed by atoms with Gasteiger partial charge in [-0.1, -0.05) is 0 Å². The minimum absolute atomic E-state index is 0.0298. The molecule has 4 aromatic rings. The first kappa shape index (κ1) is 22.7. The van der Waals surface area contributed by atoms with Gasteiger partial charge in [0.25, 0.3) is 0 Å². The molecule has 0 aliphatic carbocycles. The molecule has 174 valence electrons. The van der Waals surface area contributed by atoms with E-state index in [0.717, 1.165) is 31.0 Å². The van der Waals surface area contributed by atoms with E-state index in [1.54, 1.807) is 20.3 Å². The average Bonchev–Trinajstić information content (AvgIpc) is 3.25. The van der Waals surface area contributed by atoms with Crippen LogP contribution in [0.1, 0.15) is 24.2 Å². The smallest absolute Gasteiger partial charge is 0.226 e. The number of nitrogens with one attached hydrogen (secondary N) is 2. The molecule has 2 aromatic heterocycles. The van der Waals surface area contributed by atoms with Crippen molar-refractivity contribution in [2.24, 2.45) is 0 Å². The minimum Gasteiger partial charge on any atom is -0.497 e. The first-order chi connectivity index (χ1) is 16.0. The van der Waals surface area contributed by atoms with E-state index in [0.29, 0.717) is 41.9 Å². The van der Waals surface area contributed by atoms with Crippen LogP contribution in [-0.4, -0.2) is 47.4 Å². The van der Waals surface area contributed by atoms with Crippen LogP contribution >= 0.6 is 0 Å². The standard InChI is InChI=1S/C23H26F2N6O2/c1-26-9-5-4-6-20-28-22-17-10-15(24)11-18(25)21(17)29-23(31(22)30-20)27-13-14-7-8-16(32-2)12-19(14)33-3/h7-8,10-12,26H,4-6,9,13H2,1-3H3,(H,27,29). The lowest BCUT2D eigenvalue weighted by molar-refractivity contribution is 0.391. The third-order valence-electron chi connectivity index (χ3n) is 5.35. The molecule has 0 aliphatic rings. The summed E-state index contributed by atoms with van der Waals surface area (Å²) >= 11 is 0. The van der Waals surface area contributed by atoms with Crippen LogP contribution in [0.4, 0.5) is 14.7 Å². The van der Waals surface area contributed by atoms with Gasteiger partial charge < -0.3 is 20.1 Å². The Labute approximate surface area is 189 Å². The summed E-state index contributed by atoms with van der Waals surface area (Å²) in [5, 5.41) is 11.1. The van der Waals surface area contributed by atoms with Gasteiger partial charge in [-0.3, -0.25) is 0 Å². The number of rotatable bonds is 10. The Kier molecular flexibility index (Phi) is 6.83. The molecule has 4 rings (SSSR count). The second-order valence-electron chi connectivity index (χ2n) is 7.57. The number of hydrogen-bond acceptors (Lipinski definition) is 7. The van der Waals surface area contributed by atoms with Gasteiger partial charge in [-0.15, -0.1) is 5.10 Å². The monoisotopic (exact) mass is 456 g/mol. The summed E-state index contributed by atoms with van der Waals surface area (Å²) in [6, 6.07) is 7.52.